The zero-order chi connectivity index (χ0) is 15.7. The van der Waals surface area contributed by atoms with Crippen LogP contribution in [0.5, 0.6) is 5.75 Å². The summed E-state index contributed by atoms with van der Waals surface area (Å²) in [7, 11) is -3.72. The lowest BCUT2D eigenvalue weighted by Gasteiger charge is -2.10. The van der Waals surface area contributed by atoms with Crippen LogP contribution in [0.2, 0.25) is 0 Å². The van der Waals surface area contributed by atoms with Gasteiger partial charge in [-0.25, -0.2) is 17.4 Å². The number of rotatable bonds is 3. The van der Waals surface area contributed by atoms with Crippen LogP contribution < -0.4 is 0 Å². The normalized spacial score (nSPS) is 11.5. The van der Waals surface area contributed by atoms with Crippen molar-refractivity contribution >= 4 is 26.0 Å². The number of imidazole rings is 1. The molecule has 0 aliphatic carbocycles. The fourth-order valence-electron chi connectivity index (χ4n) is 2.04. The van der Waals surface area contributed by atoms with Gasteiger partial charge in [0.15, 0.2) is 5.82 Å². The van der Waals surface area contributed by atoms with E-state index in [-0.39, 0.29) is 16.5 Å². The van der Waals surface area contributed by atoms with E-state index >= 15 is 0 Å². The summed E-state index contributed by atoms with van der Waals surface area (Å²) < 4.78 is 27.0. The lowest BCUT2D eigenvalue weighted by atomic mass is 10.2. The number of halogens is 1. The molecule has 0 amide bonds. The summed E-state index contributed by atoms with van der Waals surface area (Å²) in [4.78, 5) is 4.32. The van der Waals surface area contributed by atoms with Gasteiger partial charge in [0, 0.05) is 18.0 Å². The van der Waals surface area contributed by atoms with Gasteiger partial charge in [0.2, 0.25) is 0 Å². The van der Waals surface area contributed by atoms with Crippen molar-refractivity contribution in [3.05, 3.63) is 65.4 Å². The molecule has 5 nitrogen and oxygen atoms in total. The van der Waals surface area contributed by atoms with Gasteiger partial charge in [-0.2, -0.15) is 0 Å². The third-order valence-electron chi connectivity index (χ3n) is 3.11. The average Bonchev–Trinajstić information content (AvgIpc) is 3.01. The predicted octanol–water partition coefficient (Wildman–Crippen LogP) is 3.26. The number of phenolic OH excluding ortho intramolecular Hbond substituents is 1. The van der Waals surface area contributed by atoms with Crippen molar-refractivity contribution in [2.75, 3.05) is 0 Å². The second-order valence-electron chi connectivity index (χ2n) is 4.53. The first-order valence-electron chi connectivity index (χ1n) is 6.33. The summed E-state index contributed by atoms with van der Waals surface area (Å²) in [6.07, 6.45) is 2.83. The van der Waals surface area contributed by atoms with E-state index in [0.29, 0.717) is 10.0 Å². The van der Waals surface area contributed by atoms with Crippen LogP contribution in [-0.2, 0) is 10.0 Å². The average molecular weight is 379 g/mol. The van der Waals surface area contributed by atoms with Gasteiger partial charge in [-0.1, -0.05) is 18.2 Å². The third kappa shape index (κ3) is 2.53. The molecule has 1 heterocycles. The molecule has 2 aromatic carbocycles. The van der Waals surface area contributed by atoms with Gasteiger partial charge in [-0.15, -0.1) is 0 Å². The molecule has 0 fully saturated rings. The Kier molecular flexibility index (Phi) is 3.76. The number of phenols is 1. The number of hydrogen-bond donors (Lipinski definition) is 1. The Morgan fingerprint density at radius 2 is 1.82 bits per heavy atom. The van der Waals surface area contributed by atoms with Crippen LogP contribution in [0.3, 0.4) is 0 Å². The van der Waals surface area contributed by atoms with Crippen molar-refractivity contribution in [3.8, 4) is 17.1 Å². The number of aromatic hydroxyl groups is 1. The van der Waals surface area contributed by atoms with Gasteiger partial charge >= 0.3 is 0 Å². The molecular formula is C15H11BrN2O3S. The van der Waals surface area contributed by atoms with E-state index in [1.807, 2.05) is 0 Å². The molecule has 0 saturated heterocycles. The third-order valence-corrected chi connectivity index (χ3v) is 5.43. The minimum Gasteiger partial charge on any atom is -0.507 e. The first kappa shape index (κ1) is 14.8. The lowest BCUT2D eigenvalue weighted by Crippen LogP contribution is -2.13. The molecule has 1 N–H and O–H groups in total. The minimum absolute atomic E-state index is 0.0766. The summed E-state index contributed by atoms with van der Waals surface area (Å²) in [6, 6.07) is 12.9. The Morgan fingerprint density at radius 3 is 2.50 bits per heavy atom. The van der Waals surface area contributed by atoms with Crippen molar-refractivity contribution in [1.82, 2.24) is 8.96 Å². The quantitative estimate of drug-likeness (QED) is 0.758. The van der Waals surface area contributed by atoms with Gasteiger partial charge in [0.05, 0.1) is 9.37 Å². The first-order valence-corrected chi connectivity index (χ1v) is 8.56. The van der Waals surface area contributed by atoms with E-state index in [1.54, 1.807) is 30.3 Å². The van der Waals surface area contributed by atoms with E-state index in [9.17, 15) is 13.5 Å². The maximum atomic E-state index is 12.7. The first-order chi connectivity index (χ1) is 10.5. The Morgan fingerprint density at radius 1 is 1.09 bits per heavy atom. The van der Waals surface area contributed by atoms with Crippen LogP contribution in [0, 0.1) is 0 Å². The molecule has 0 spiro atoms. The Hall–Kier alpha value is -2.12. The van der Waals surface area contributed by atoms with Gasteiger partial charge in [-0.3, -0.25) is 0 Å². The molecule has 0 saturated carbocycles. The van der Waals surface area contributed by atoms with Crippen LogP contribution in [0.25, 0.3) is 11.4 Å². The summed E-state index contributed by atoms with van der Waals surface area (Å²) >= 11 is 3.22. The molecule has 0 atom stereocenters. The summed E-state index contributed by atoms with van der Waals surface area (Å²) in [5.41, 5.74) is 0.578. The van der Waals surface area contributed by atoms with Crippen molar-refractivity contribution < 1.29 is 13.5 Å². The fraction of sp³-hybridized carbons (Fsp3) is 0. The number of benzene rings is 2. The zero-order valence-electron chi connectivity index (χ0n) is 11.2. The molecule has 22 heavy (non-hydrogen) atoms. The Bertz CT molecular complexity index is 921. The standard InChI is InChI=1S/C15H11BrN2O3S/c16-13-10-11(6-7-14(13)19)15-17-8-9-18(15)22(20,21)12-4-2-1-3-5-12/h1-10,19H. The number of nitrogens with zero attached hydrogens (tertiary/aromatic N) is 2. The smallest absolute Gasteiger partial charge is 0.269 e. The van der Waals surface area contributed by atoms with Crippen LogP contribution in [0.4, 0.5) is 0 Å². The highest BCUT2D eigenvalue weighted by Gasteiger charge is 2.21. The van der Waals surface area contributed by atoms with E-state index in [1.165, 1.54) is 30.6 Å². The molecule has 7 heteroatoms. The monoisotopic (exact) mass is 378 g/mol. The molecule has 0 bridgehead atoms. The zero-order valence-corrected chi connectivity index (χ0v) is 13.6. The number of aromatic nitrogens is 2. The van der Waals surface area contributed by atoms with Crippen molar-refractivity contribution in [2.45, 2.75) is 4.90 Å². The SMILES string of the molecule is O=S(=O)(c1ccccc1)n1ccnc1-c1ccc(O)c(Br)c1. The van der Waals surface area contributed by atoms with Gasteiger partial charge in [-0.05, 0) is 46.3 Å². The van der Waals surface area contributed by atoms with Gasteiger partial charge in [0.25, 0.3) is 10.0 Å². The Balaban J connectivity index is 2.15. The molecule has 3 rings (SSSR count). The number of hydrogen-bond acceptors (Lipinski definition) is 4. The molecule has 0 radical (unpaired) electrons. The van der Waals surface area contributed by atoms with Gasteiger partial charge in [0.1, 0.15) is 5.75 Å². The lowest BCUT2D eigenvalue weighted by molar-refractivity contribution is 0.472. The van der Waals surface area contributed by atoms with Crippen LogP contribution in [0.15, 0.2) is 70.3 Å². The van der Waals surface area contributed by atoms with Crippen LogP contribution in [0.1, 0.15) is 0 Å². The van der Waals surface area contributed by atoms with E-state index < -0.39 is 10.0 Å². The molecule has 0 unspecified atom stereocenters. The van der Waals surface area contributed by atoms with E-state index in [2.05, 4.69) is 20.9 Å². The van der Waals surface area contributed by atoms with Crippen LogP contribution in [-0.4, -0.2) is 22.5 Å². The molecular weight excluding hydrogens is 368 g/mol. The highest BCUT2D eigenvalue weighted by atomic mass is 79.9. The second kappa shape index (κ2) is 5.58. The maximum Gasteiger partial charge on any atom is 0.269 e. The second-order valence-corrected chi connectivity index (χ2v) is 7.20. The topological polar surface area (TPSA) is 72.2 Å². The highest BCUT2D eigenvalue weighted by Crippen LogP contribution is 2.30. The fourth-order valence-corrected chi connectivity index (χ4v) is 3.74. The van der Waals surface area contributed by atoms with Gasteiger partial charge < -0.3 is 5.11 Å². The summed E-state index contributed by atoms with van der Waals surface area (Å²) in [5, 5.41) is 9.56. The summed E-state index contributed by atoms with van der Waals surface area (Å²) in [6.45, 7) is 0. The van der Waals surface area contributed by atoms with E-state index in [4.69, 9.17) is 0 Å². The van der Waals surface area contributed by atoms with Crippen molar-refractivity contribution in [1.29, 1.82) is 0 Å². The largest absolute Gasteiger partial charge is 0.507 e. The maximum absolute atomic E-state index is 12.7. The van der Waals surface area contributed by atoms with E-state index in [0.717, 1.165) is 3.97 Å². The summed E-state index contributed by atoms with van der Waals surface area (Å²) in [5.74, 6) is 0.359. The molecule has 1 aromatic heterocycles. The Labute approximate surface area is 136 Å². The van der Waals surface area contributed by atoms with Crippen molar-refractivity contribution in [2.24, 2.45) is 0 Å². The highest BCUT2D eigenvalue weighted by molar-refractivity contribution is 9.10. The molecule has 112 valence electrons. The minimum atomic E-state index is -3.72. The molecule has 0 aliphatic heterocycles. The molecule has 0 aliphatic rings. The molecule has 3 aromatic rings. The van der Waals surface area contributed by atoms with Crippen LogP contribution >= 0.6 is 15.9 Å². The predicted molar refractivity (Wildman–Crippen MR) is 86.1 cm³/mol. The van der Waals surface area contributed by atoms with Crippen molar-refractivity contribution in [3.63, 3.8) is 0 Å².